The molecule has 1 heterocycles. The van der Waals surface area contributed by atoms with Gasteiger partial charge in [0.1, 0.15) is 0 Å². The molecule has 1 aromatic heterocycles. The SMILES string of the molecule is CCC(CCl)NC(=O)c1cncc(C)c1. The van der Waals surface area contributed by atoms with E-state index < -0.39 is 0 Å². The Balaban J connectivity index is 2.68. The van der Waals surface area contributed by atoms with Crippen LogP contribution in [0.15, 0.2) is 18.5 Å². The average molecular weight is 227 g/mol. The molecular weight excluding hydrogens is 212 g/mol. The van der Waals surface area contributed by atoms with Crippen LogP contribution in [-0.4, -0.2) is 22.8 Å². The third-order valence-electron chi connectivity index (χ3n) is 2.15. The third kappa shape index (κ3) is 3.51. The molecule has 1 unspecified atom stereocenters. The van der Waals surface area contributed by atoms with Gasteiger partial charge in [0.25, 0.3) is 5.91 Å². The van der Waals surface area contributed by atoms with Crippen LogP contribution in [0.2, 0.25) is 0 Å². The summed E-state index contributed by atoms with van der Waals surface area (Å²) in [6.07, 6.45) is 4.10. The van der Waals surface area contributed by atoms with Crippen LogP contribution in [0, 0.1) is 6.92 Å². The first-order valence-electron chi connectivity index (χ1n) is 4.95. The van der Waals surface area contributed by atoms with Gasteiger partial charge in [-0.15, -0.1) is 11.6 Å². The van der Waals surface area contributed by atoms with Gasteiger partial charge in [-0.3, -0.25) is 9.78 Å². The van der Waals surface area contributed by atoms with Crippen LogP contribution in [0.25, 0.3) is 0 Å². The highest BCUT2D eigenvalue weighted by atomic mass is 35.5. The average Bonchev–Trinajstić information content (AvgIpc) is 2.25. The maximum absolute atomic E-state index is 11.7. The van der Waals surface area contributed by atoms with E-state index in [9.17, 15) is 4.79 Å². The Bertz CT molecular complexity index is 337. The summed E-state index contributed by atoms with van der Waals surface area (Å²) in [5.41, 5.74) is 1.56. The van der Waals surface area contributed by atoms with Gasteiger partial charge in [-0.05, 0) is 25.0 Å². The summed E-state index contributed by atoms with van der Waals surface area (Å²) in [4.78, 5) is 15.7. The summed E-state index contributed by atoms with van der Waals surface area (Å²) in [6.45, 7) is 3.89. The highest BCUT2D eigenvalue weighted by molar-refractivity contribution is 6.18. The molecule has 1 aromatic rings. The molecule has 15 heavy (non-hydrogen) atoms. The number of nitrogens with zero attached hydrogens (tertiary/aromatic N) is 1. The molecule has 82 valence electrons. The van der Waals surface area contributed by atoms with Gasteiger partial charge in [0.2, 0.25) is 0 Å². The zero-order chi connectivity index (χ0) is 11.3. The standard InChI is InChI=1S/C11H15ClN2O/c1-3-10(5-12)14-11(15)9-4-8(2)6-13-7-9/h4,6-7,10H,3,5H2,1-2H3,(H,14,15). The Hall–Kier alpha value is -1.09. The molecule has 0 spiro atoms. The lowest BCUT2D eigenvalue weighted by atomic mass is 10.2. The number of hydrogen-bond acceptors (Lipinski definition) is 2. The topological polar surface area (TPSA) is 42.0 Å². The molecule has 1 N–H and O–H groups in total. The van der Waals surface area contributed by atoms with Crippen molar-refractivity contribution in [2.45, 2.75) is 26.3 Å². The number of alkyl halides is 1. The number of carbonyl (C=O) groups is 1. The van der Waals surface area contributed by atoms with Crippen LogP contribution in [0.1, 0.15) is 29.3 Å². The van der Waals surface area contributed by atoms with Crippen molar-refractivity contribution >= 4 is 17.5 Å². The first-order chi connectivity index (χ1) is 7.17. The van der Waals surface area contributed by atoms with Crippen molar-refractivity contribution in [2.75, 3.05) is 5.88 Å². The fourth-order valence-corrected chi connectivity index (χ4v) is 1.49. The molecule has 0 fully saturated rings. The quantitative estimate of drug-likeness (QED) is 0.800. The van der Waals surface area contributed by atoms with Crippen molar-refractivity contribution in [3.05, 3.63) is 29.6 Å². The fraction of sp³-hybridized carbons (Fsp3) is 0.455. The van der Waals surface area contributed by atoms with Crippen LogP contribution in [-0.2, 0) is 0 Å². The van der Waals surface area contributed by atoms with Crippen LogP contribution in [0.5, 0.6) is 0 Å². The minimum absolute atomic E-state index is 0.0275. The zero-order valence-electron chi connectivity index (χ0n) is 8.96. The van der Waals surface area contributed by atoms with Crippen molar-refractivity contribution in [3.8, 4) is 0 Å². The molecule has 0 aliphatic rings. The molecule has 0 aromatic carbocycles. The van der Waals surface area contributed by atoms with Gasteiger partial charge >= 0.3 is 0 Å². The number of amides is 1. The Morgan fingerprint density at radius 2 is 2.33 bits per heavy atom. The summed E-state index contributed by atoms with van der Waals surface area (Å²) in [5.74, 6) is 0.320. The summed E-state index contributed by atoms with van der Waals surface area (Å²) in [7, 11) is 0. The number of rotatable bonds is 4. The molecule has 4 heteroatoms. The van der Waals surface area contributed by atoms with Gasteiger partial charge in [0, 0.05) is 24.3 Å². The molecule has 1 atom stereocenters. The number of carbonyl (C=O) groups excluding carboxylic acids is 1. The van der Waals surface area contributed by atoms with Gasteiger partial charge in [-0.1, -0.05) is 6.92 Å². The predicted molar refractivity (Wildman–Crippen MR) is 61.2 cm³/mol. The summed E-state index contributed by atoms with van der Waals surface area (Å²) >= 11 is 5.70. The van der Waals surface area contributed by atoms with Gasteiger partial charge < -0.3 is 5.32 Å². The molecule has 0 aliphatic heterocycles. The van der Waals surface area contributed by atoms with Crippen molar-refractivity contribution in [3.63, 3.8) is 0 Å². The van der Waals surface area contributed by atoms with Gasteiger partial charge in [-0.2, -0.15) is 0 Å². The van der Waals surface area contributed by atoms with Crippen molar-refractivity contribution in [1.29, 1.82) is 0 Å². The van der Waals surface area contributed by atoms with E-state index in [1.807, 2.05) is 19.9 Å². The smallest absolute Gasteiger partial charge is 0.253 e. The molecule has 0 bridgehead atoms. The van der Waals surface area contributed by atoms with Crippen LogP contribution in [0.4, 0.5) is 0 Å². The minimum Gasteiger partial charge on any atom is -0.348 e. The highest BCUT2D eigenvalue weighted by Gasteiger charge is 2.11. The number of halogens is 1. The van der Waals surface area contributed by atoms with Crippen molar-refractivity contribution in [2.24, 2.45) is 0 Å². The number of hydrogen-bond donors (Lipinski definition) is 1. The molecule has 0 saturated heterocycles. The number of pyridine rings is 1. The van der Waals surface area contributed by atoms with Crippen molar-refractivity contribution < 1.29 is 4.79 Å². The molecule has 0 saturated carbocycles. The summed E-state index contributed by atoms with van der Waals surface area (Å²) < 4.78 is 0. The van der Waals surface area contributed by atoms with E-state index in [4.69, 9.17) is 11.6 Å². The first kappa shape index (κ1) is 12.0. The number of nitrogens with one attached hydrogen (secondary N) is 1. The zero-order valence-corrected chi connectivity index (χ0v) is 9.71. The van der Waals surface area contributed by atoms with Crippen LogP contribution in [0.3, 0.4) is 0 Å². The summed E-state index contributed by atoms with van der Waals surface area (Å²) in [5, 5.41) is 2.85. The second kappa shape index (κ2) is 5.71. The molecular formula is C11H15ClN2O. The van der Waals surface area contributed by atoms with Crippen LogP contribution >= 0.6 is 11.6 Å². The lowest BCUT2D eigenvalue weighted by Gasteiger charge is -2.13. The lowest BCUT2D eigenvalue weighted by Crippen LogP contribution is -2.35. The van der Waals surface area contributed by atoms with E-state index >= 15 is 0 Å². The normalized spacial score (nSPS) is 12.2. The third-order valence-corrected chi connectivity index (χ3v) is 2.52. The monoisotopic (exact) mass is 226 g/mol. The lowest BCUT2D eigenvalue weighted by molar-refractivity contribution is 0.0939. The second-order valence-corrected chi connectivity index (χ2v) is 3.79. The van der Waals surface area contributed by atoms with Gasteiger partial charge in [0.05, 0.1) is 5.56 Å². The maximum Gasteiger partial charge on any atom is 0.253 e. The van der Waals surface area contributed by atoms with E-state index in [1.165, 1.54) is 0 Å². The van der Waals surface area contributed by atoms with Crippen molar-refractivity contribution in [1.82, 2.24) is 10.3 Å². The predicted octanol–water partition coefficient (Wildman–Crippen LogP) is 2.14. The number of aryl methyl sites for hydroxylation is 1. The Kier molecular flexibility index (Phi) is 4.56. The molecule has 1 rings (SSSR count). The van der Waals surface area contributed by atoms with E-state index in [0.717, 1.165) is 12.0 Å². The molecule has 3 nitrogen and oxygen atoms in total. The van der Waals surface area contributed by atoms with E-state index in [-0.39, 0.29) is 11.9 Å². The largest absolute Gasteiger partial charge is 0.348 e. The Labute approximate surface area is 94.9 Å². The Morgan fingerprint density at radius 1 is 1.60 bits per heavy atom. The highest BCUT2D eigenvalue weighted by Crippen LogP contribution is 2.03. The second-order valence-electron chi connectivity index (χ2n) is 3.48. The van der Waals surface area contributed by atoms with Gasteiger partial charge in [0.15, 0.2) is 0 Å². The van der Waals surface area contributed by atoms with Crippen LogP contribution < -0.4 is 5.32 Å². The first-order valence-corrected chi connectivity index (χ1v) is 5.49. The van der Waals surface area contributed by atoms with Gasteiger partial charge in [-0.25, -0.2) is 0 Å². The molecule has 0 aliphatic carbocycles. The van der Waals surface area contributed by atoms with E-state index in [0.29, 0.717) is 11.4 Å². The Morgan fingerprint density at radius 3 is 2.87 bits per heavy atom. The van der Waals surface area contributed by atoms with E-state index in [2.05, 4.69) is 10.3 Å². The molecule has 0 radical (unpaired) electrons. The molecule has 1 amide bonds. The maximum atomic E-state index is 11.7. The fourth-order valence-electron chi connectivity index (χ4n) is 1.20. The van der Waals surface area contributed by atoms with E-state index in [1.54, 1.807) is 12.4 Å². The summed E-state index contributed by atoms with van der Waals surface area (Å²) in [6, 6.07) is 1.84. The number of aromatic nitrogens is 1. The minimum atomic E-state index is -0.112.